The molecule has 6 nitrogen and oxygen atoms in total. The molecule has 1 fully saturated rings. The van der Waals surface area contributed by atoms with Gasteiger partial charge in [-0.25, -0.2) is 4.39 Å². The molecule has 2 aliphatic rings. The van der Waals surface area contributed by atoms with Crippen LogP contribution in [0.4, 0.5) is 4.39 Å². The zero-order valence-electron chi connectivity index (χ0n) is 15.6. The number of hydrogen-bond acceptors (Lipinski definition) is 5. The largest absolute Gasteiger partial charge is 0.486 e. The molecule has 0 aliphatic carbocycles. The average Bonchev–Trinajstić information content (AvgIpc) is 2.74. The van der Waals surface area contributed by atoms with Gasteiger partial charge >= 0.3 is 0 Å². The number of fused-ring (bicyclic) bond motifs is 1. The first-order valence-electron chi connectivity index (χ1n) is 9.41. The Morgan fingerprint density at radius 3 is 2.69 bits per heavy atom. The van der Waals surface area contributed by atoms with Crippen molar-refractivity contribution in [3.05, 3.63) is 59.9 Å². The van der Waals surface area contributed by atoms with E-state index in [1.54, 1.807) is 12.1 Å². The minimum absolute atomic E-state index is 0.183. The van der Waals surface area contributed by atoms with Gasteiger partial charge in [-0.2, -0.15) is 0 Å². The Bertz CT molecular complexity index is 893. The lowest BCUT2D eigenvalue weighted by molar-refractivity contribution is -0.128. The lowest BCUT2D eigenvalue weighted by Crippen LogP contribution is -2.55. The van der Waals surface area contributed by atoms with E-state index in [1.807, 2.05) is 24.3 Å². The molecule has 2 aromatic rings. The molecule has 0 saturated carbocycles. The summed E-state index contributed by atoms with van der Waals surface area (Å²) in [7, 11) is 0. The average molecular weight is 416 g/mol. The summed E-state index contributed by atoms with van der Waals surface area (Å²) in [6.07, 6.45) is 0.213. The zero-order chi connectivity index (χ0) is 20.2. The van der Waals surface area contributed by atoms with Crippen LogP contribution in [0.5, 0.6) is 11.5 Å². The van der Waals surface area contributed by atoms with Crippen molar-refractivity contribution in [2.75, 3.05) is 18.9 Å². The highest BCUT2D eigenvalue weighted by atomic mass is 32.2. The van der Waals surface area contributed by atoms with Crippen LogP contribution < -0.4 is 20.1 Å². The van der Waals surface area contributed by atoms with Crippen LogP contribution in [0.3, 0.4) is 0 Å². The number of halogens is 1. The second-order valence-electron chi connectivity index (χ2n) is 6.96. The van der Waals surface area contributed by atoms with E-state index in [0.29, 0.717) is 36.8 Å². The van der Waals surface area contributed by atoms with Gasteiger partial charge in [0.15, 0.2) is 11.5 Å². The second kappa shape index (κ2) is 8.73. The van der Waals surface area contributed by atoms with Crippen LogP contribution in [0.25, 0.3) is 0 Å². The van der Waals surface area contributed by atoms with Crippen LogP contribution >= 0.6 is 11.8 Å². The molecule has 3 atom stereocenters. The Morgan fingerprint density at radius 1 is 1.17 bits per heavy atom. The van der Waals surface area contributed by atoms with Crippen molar-refractivity contribution in [2.24, 2.45) is 0 Å². The van der Waals surface area contributed by atoms with Crippen molar-refractivity contribution in [3.63, 3.8) is 0 Å². The van der Waals surface area contributed by atoms with Crippen LogP contribution in [0.2, 0.25) is 0 Å². The van der Waals surface area contributed by atoms with Gasteiger partial charge in [0.05, 0.1) is 11.8 Å². The highest BCUT2D eigenvalue weighted by Gasteiger charge is 2.33. The highest BCUT2D eigenvalue weighted by molar-refractivity contribution is 8.00. The van der Waals surface area contributed by atoms with Crippen molar-refractivity contribution in [2.45, 2.75) is 23.8 Å². The van der Waals surface area contributed by atoms with Gasteiger partial charge in [-0.15, -0.1) is 11.8 Å². The number of benzene rings is 2. The number of rotatable bonds is 5. The molecule has 2 aliphatic heterocycles. The van der Waals surface area contributed by atoms with Crippen molar-refractivity contribution < 1.29 is 23.5 Å². The van der Waals surface area contributed by atoms with Crippen LogP contribution in [0, 0.1) is 5.82 Å². The SMILES string of the molecule is O=C(NC[C@@H]1COc2ccccc2O1)[C@@H]1CS[C@@H](Cc2ccc(F)cc2)C(=O)N1. The van der Waals surface area contributed by atoms with Gasteiger partial charge in [-0.3, -0.25) is 9.59 Å². The van der Waals surface area contributed by atoms with Crippen molar-refractivity contribution in [3.8, 4) is 11.5 Å². The normalized spacial score (nSPS) is 23.2. The third-order valence-corrected chi connectivity index (χ3v) is 6.10. The number of nitrogens with one attached hydrogen (secondary N) is 2. The quantitative estimate of drug-likeness (QED) is 0.779. The maximum atomic E-state index is 13.0. The molecule has 2 N–H and O–H groups in total. The predicted molar refractivity (Wildman–Crippen MR) is 108 cm³/mol. The first kappa shape index (κ1) is 19.6. The minimum atomic E-state index is -0.589. The fraction of sp³-hybridized carbons (Fsp3) is 0.333. The standard InChI is InChI=1S/C21H21FN2O4S/c22-14-7-5-13(6-8-14)9-19-21(26)24-16(12-29-19)20(25)23-10-15-11-27-17-3-1-2-4-18(17)28-15/h1-8,15-16,19H,9-12H2,(H,23,25)(H,24,26)/t15-,16+,19+/m1/s1. The number of carbonyl (C=O) groups is 2. The molecule has 8 heteroatoms. The molecule has 0 unspecified atom stereocenters. The number of hydrogen-bond donors (Lipinski definition) is 2. The molecule has 2 aromatic carbocycles. The molecule has 0 radical (unpaired) electrons. The van der Waals surface area contributed by atoms with Crippen LogP contribution in [0.1, 0.15) is 5.56 Å². The Balaban J connectivity index is 1.24. The van der Waals surface area contributed by atoms with Crippen LogP contribution in [-0.4, -0.2) is 48.1 Å². The summed E-state index contributed by atoms with van der Waals surface area (Å²) in [5.41, 5.74) is 0.886. The molecule has 1 saturated heterocycles. The minimum Gasteiger partial charge on any atom is -0.486 e. The fourth-order valence-corrected chi connectivity index (χ4v) is 4.41. The van der Waals surface area contributed by atoms with E-state index in [-0.39, 0.29) is 29.0 Å². The monoisotopic (exact) mass is 416 g/mol. The van der Waals surface area contributed by atoms with E-state index < -0.39 is 6.04 Å². The molecule has 0 spiro atoms. The van der Waals surface area contributed by atoms with Gasteiger partial charge in [0.2, 0.25) is 11.8 Å². The summed E-state index contributed by atoms with van der Waals surface area (Å²) < 4.78 is 24.5. The van der Waals surface area contributed by atoms with E-state index in [2.05, 4.69) is 10.6 Å². The smallest absolute Gasteiger partial charge is 0.243 e. The van der Waals surface area contributed by atoms with Crippen molar-refractivity contribution in [1.29, 1.82) is 0 Å². The number of thioether (sulfide) groups is 1. The molecule has 152 valence electrons. The van der Waals surface area contributed by atoms with Gasteiger partial charge in [0.25, 0.3) is 0 Å². The summed E-state index contributed by atoms with van der Waals surface area (Å²) in [5, 5.41) is 5.32. The van der Waals surface area contributed by atoms with E-state index in [0.717, 1.165) is 5.56 Å². The lowest BCUT2D eigenvalue weighted by Gasteiger charge is -2.30. The van der Waals surface area contributed by atoms with Gasteiger partial charge in [0.1, 0.15) is 24.6 Å². The summed E-state index contributed by atoms with van der Waals surface area (Å²) in [6.45, 7) is 0.645. The highest BCUT2D eigenvalue weighted by Crippen LogP contribution is 2.30. The van der Waals surface area contributed by atoms with Crippen molar-refractivity contribution in [1.82, 2.24) is 10.6 Å². The fourth-order valence-electron chi connectivity index (χ4n) is 3.22. The summed E-state index contributed by atoms with van der Waals surface area (Å²) in [6, 6.07) is 12.9. The summed E-state index contributed by atoms with van der Waals surface area (Å²) in [4.78, 5) is 24.9. The molecule has 4 rings (SSSR count). The van der Waals surface area contributed by atoms with E-state index in [9.17, 15) is 14.0 Å². The number of ether oxygens (including phenoxy) is 2. The van der Waals surface area contributed by atoms with Gasteiger partial charge in [-0.1, -0.05) is 24.3 Å². The maximum absolute atomic E-state index is 13.0. The van der Waals surface area contributed by atoms with Gasteiger partial charge in [0, 0.05) is 5.75 Å². The summed E-state index contributed by atoms with van der Waals surface area (Å²) in [5.74, 6) is 1.10. The number of amides is 2. The van der Waals surface area contributed by atoms with E-state index in [1.165, 1.54) is 23.9 Å². The number of para-hydroxylation sites is 2. The lowest BCUT2D eigenvalue weighted by atomic mass is 10.1. The maximum Gasteiger partial charge on any atom is 0.243 e. The third-order valence-electron chi connectivity index (χ3n) is 4.80. The Labute approximate surface area is 172 Å². The van der Waals surface area contributed by atoms with Crippen LogP contribution in [0.15, 0.2) is 48.5 Å². The zero-order valence-corrected chi connectivity index (χ0v) is 16.4. The Hall–Kier alpha value is -2.74. The molecule has 2 heterocycles. The molecule has 29 heavy (non-hydrogen) atoms. The van der Waals surface area contributed by atoms with E-state index in [4.69, 9.17) is 9.47 Å². The molecule has 2 amide bonds. The molecular weight excluding hydrogens is 395 g/mol. The second-order valence-corrected chi connectivity index (χ2v) is 8.19. The molecular formula is C21H21FN2O4S. The Kier molecular flexibility index (Phi) is 5.89. The van der Waals surface area contributed by atoms with E-state index >= 15 is 0 Å². The van der Waals surface area contributed by atoms with Crippen LogP contribution in [-0.2, 0) is 16.0 Å². The first-order chi connectivity index (χ1) is 14.1. The first-order valence-corrected chi connectivity index (χ1v) is 10.5. The predicted octanol–water partition coefficient (Wildman–Crippen LogP) is 1.92. The van der Waals surface area contributed by atoms with Crippen molar-refractivity contribution >= 4 is 23.6 Å². The van der Waals surface area contributed by atoms with Gasteiger partial charge < -0.3 is 20.1 Å². The Morgan fingerprint density at radius 2 is 1.93 bits per heavy atom. The topological polar surface area (TPSA) is 76.7 Å². The molecule has 0 bridgehead atoms. The summed E-state index contributed by atoms with van der Waals surface area (Å²) >= 11 is 1.44. The van der Waals surface area contributed by atoms with Gasteiger partial charge in [-0.05, 0) is 36.2 Å². The molecule has 0 aromatic heterocycles. The third kappa shape index (κ3) is 4.82. The number of carbonyl (C=O) groups excluding carboxylic acids is 2.